The first kappa shape index (κ1) is 12.2. The second-order valence-corrected chi connectivity index (χ2v) is 6.69. The van der Waals surface area contributed by atoms with Crippen LogP contribution in [0.15, 0.2) is 6.20 Å². The van der Waals surface area contributed by atoms with E-state index in [-0.39, 0.29) is 0 Å². The van der Waals surface area contributed by atoms with Gasteiger partial charge >= 0.3 is 0 Å². The van der Waals surface area contributed by atoms with Gasteiger partial charge in [-0.15, -0.1) is 11.3 Å². The fraction of sp³-hybridized carbons (Fsp3) is 0.643. The summed E-state index contributed by atoms with van der Waals surface area (Å²) in [5.41, 5.74) is 2.90. The van der Waals surface area contributed by atoms with Gasteiger partial charge in [-0.25, -0.2) is 4.98 Å². The average Bonchev–Trinajstić information content (AvgIpc) is 2.74. The molecule has 1 aliphatic carbocycles. The van der Waals surface area contributed by atoms with Gasteiger partial charge in [-0.2, -0.15) is 0 Å². The van der Waals surface area contributed by atoms with Crippen LogP contribution in [0.1, 0.15) is 48.9 Å². The van der Waals surface area contributed by atoms with Gasteiger partial charge in [0.05, 0.1) is 11.4 Å². The Kier molecular flexibility index (Phi) is 2.94. The second-order valence-electron chi connectivity index (χ2n) is 5.48. The van der Waals surface area contributed by atoms with Gasteiger partial charge < -0.3 is 5.32 Å². The first-order chi connectivity index (χ1) is 8.63. The first-order valence-electron chi connectivity index (χ1n) is 6.82. The molecule has 0 amide bonds. The van der Waals surface area contributed by atoms with Crippen molar-refractivity contribution >= 4 is 16.3 Å². The van der Waals surface area contributed by atoms with Crippen molar-refractivity contribution in [1.82, 2.24) is 14.7 Å². The summed E-state index contributed by atoms with van der Waals surface area (Å²) in [5, 5.41) is 3.77. The SMILES string of the molecule is CCC1(NCc2c(C)nc3sc(C)cn23)CCC1. The molecule has 3 rings (SSSR count). The Balaban J connectivity index is 1.83. The molecule has 0 unspecified atom stereocenters. The Labute approximate surface area is 112 Å². The lowest BCUT2D eigenvalue weighted by Gasteiger charge is -2.42. The third-order valence-corrected chi connectivity index (χ3v) is 5.26. The van der Waals surface area contributed by atoms with Crippen LogP contribution in [-0.2, 0) is 6.54 Å². The number of nitrogens with zero attached hydrogens (tertiary/aromatic N) is 2. The van der Waals surface area contributed by atoms with Crippen LogP contribution >= 0.6 is 11.3 Å². The fourth-order valence-corrected chi connectivity index (χ4v) is 3.74. The number of rotatable bonds is 4. The number of thiazole rings is 1. The number of hydrogen-bond acceptors (Lipinski definition) is 3. The normalized spacial score (nSPS) is 18.2. The summed E-state index contributed by atoms with van der Waals surface area (Å²) >= 11 is 1.77. The summed E-state index contributed by atoms with van der Waals surface area (Å²) in [5.74, 6) is 0. The maximum atomic E-state index is 4.65. The van der Waals surface area contributed by atoms with Crippen LogP contribution in [0.25, 0.3) is 4.96 Å². The van der Waals surface area contributed by atoms with Crippen LogP contribution in [0.4, 0.5) is 0 Å². The number of nitrogens with one attached hydrogen (secondary N) is 1. The zero-order chi connectivity index (χ0) is 12.8. The van der Waals surface area contributed by atoms with E-state index in [4.69, 9.17) is 0 Å². The Bertz CT molecular complexity index is 557. The van der Waals surface area contributed by atoms with E-state index in [1.54, 1.807) is 11.3 Å². The van der Waals surface area contributed by atoms with Crippen molar-refractivity contribution in [1.29, 1.82) is 0 Å². The van der Waals surface area contributed by atoms with Gasteiger partial charge in [-0.1, -0.05) is 6.92 Å². The van der Waals surface area contributed by atoms with Crippen molar-refractivity contribution < 1.29 is 0 Å². The quantitative estimate of drug-likeness (QED) is 0.915. The largest absolute Gasteiger partial charge is 0.306 e. The van der Waals surface area contributed by atoms with Gasteiger partial charge in [-0.05, 0) is 39.5 Å². The molecule has 2 aromatic heterocycles. The molecule has 98 valence electrons. The van der Waals surface area contributed by atoms with E-state index >= 15 is 0 Å². The van der Waals surface area contributed by atoms with Gasteiger partial charge in [0.15, 0.2) is 4.96 Å². The summed E-state index contributed by atoms with van der Waals surface area (Å²) in [6, 6.07) is 0. The van der Waals surface area contributed by atoms with E-state index in [1.165, 1.54) is 41.9 Å². The molecular formula is C14H21N3S. The van der Waals surface area contributed by atoms with Gasteiger partial charge in [0.2, 0.25) is 0 Å². The lowest BCUT2D eigenvalue weighted by Crippen LogP contribution is -2.50. The molecule has 0 spiro atoms. The van der Waals surface area contributed by atoms with Crippen LogP contribution in [0.3, 0.4) is 0 Å². The molecular weight excluding hydrogens is 242 g/mol. The lowest BCUT2D eigenvalue weighted by atomic mass is 9.75. The third-order valence-electron chi connectivity index (χ3n) is 4.36. The highest BCUT2D eigenvalue weighted by Gasteiger charge is 2.34. The van der Waals surface area contributed by atoms with E-state index in [0.29, 0.717) is 5.54 Å². The van der Waals surface area contributed by atoms with Crippen molar-refractivity contribution in [2.75, 3.05) is 0 Å². The predicted octanol–water partition coefficient (Wildman–Crippen LogP) is 3.43. The van der Waals surface area contributed by atoms with Crippen LogP contribution in [-0.4, -0.2) is 14.9 Å². The molecule has 18 heavy (non-hydrogen) atoms. The molecule has 4 heteroatoms. The summed E-state index contributed by atoms with van der Waals surface area (Å²) in [6.07, 6.45) is 7.46. The highest BCUT2D eigenvalue weighted by molar-refractivity contribution is 7.17. The minimum atomic E-state index is 0.404. The van der Waals surface area contributed by atoms with Crippen LogP contribution < -0.4 is 5.32 Å². The summed E-state index contributed by atoms with van der Waals surface area (Å²) < 4.78 is 2.25. The molecule has 1 saturated carbocycles. The fourth-order valence-electron chi connectivity index (χ4n) is 2.85. The lowest BCUT2D eigenvalue weighted by molar-refractivity contribution is 0.174. The zero-order valence-corrected chi connectivity index (χ0v) is 12.2. The summed E-state index contributed by atoms with van der Waals surface area (Å²) in [6.45, 7) is 7.49. The van der Waals surface area contributed by atoms with Crippen LogP contribution in [0.2, 0.25) is 0 Å². The molecule has 0 aromatic carbocycles. The molecule has 0 aliphatic heterocycles. The van der Waals surface area contributed by atoms with Crippen molar-refractivity contribution in [3.8, 4) is 0 Å². The topological polar surface area (TPSA) is 29.3 Å². The maximum Gasteiger partial charge on any atom is 0.194 e. The number of aryl methyl sites for hydroxylation is 2. The van der Waals surface area contributed by atoms with E-state index in [2.05, 4.69) is 41.7 Å². The molecule has 1 aliphatic rings. The van der Waals surface area contributed by atoms with Crippen molar-refractivity contribution in [3.63, 3.8) is 0 Å². The van der Waals surface area contributed by atoms with E-state index < -0.39 is 0 Å². The molecule has 2 aromatic rings. The molecule has 1 N–H and O–H groups in total. The highest BCUT2D eigenvalue weighted by atomic mass is 32.1. The zero-order valence-electron chi connectivity index (χ0n) is 11.4. The minimum Gasteiger partial charge on any atom is -0.306 e. The van der Waals surface area contributed by atoms with Gasteiger partial charge in [0.25, 0.3) is 0 Å². The first-order valence-corrected chi connectivity index (χ1v) is 7.64. The average molecular weight is 263 g/mol. The predicted molar refractivity (Wildman–Crippen MR) is 76.3 cm³/mol. The maximum absolute atomic E-state index is 4.65. The van der Waals surface area contributed by atoms with Gasteiger partial charge in [0, 0.05) is 23.2 Å². The summed E-state index contributed by atoms with van der Waals surface area (Å²) in [7, 11) is 0. The van der Waals surface area contributed by atoms with Crippen LogP contribution in [0, 0.1) is 13.8 Å². The third kappa shape index (κ3) is 1.88. The smallest absolute Gasteiger partial charge is 0.194 e. The molecule has 0 bridgehead atoms. The van der Waals surface area contributed by atoms with Crippen molar-refractivity contribution in [2.45, 2.75) is 58.5 Å². The summed E-state index contributed by atoms with van der Waals surface area (Å²) in [4.78, 5) is 7.10. The molecule has 2 heterocycles. The number of imidazole rings is 1. The number of fused-ring (bicyclic) bond motifs is 1. The van der Waals surface area contributed by atoms with E-state index in [1.807, 2.05) is 0 Å². The van der Waals surface area contributed by atoms with Crippen LogP contribution in [0.5, 0.6) is 0 Å². The number of hydrogen-bond donors (Lipinski definition) is 1. The number of aromatic nitrogens is 2. The van der Waals surface area contributed by atoms with Gasteiger partial charge in [0.1, 0.15) is 0 Å². The Hall–Kier alpha value is -0.870. The van der Waals surface area contributed by atoms with E-state index in [0.717, 1.165) is 11.5 Å². The van der Waals surface area contributed by atoms with E-state index in [9.17, 15) is 0 Å². The Morgan fingerprint density at radius 1 is 1.44 bits per heavy atom. The van der Waals surface area contributed by atoms with Crippen molar-refractivity contribution in [2.24, 2.45) is 0 Å². The molecule has 0 saturated heterocycles. The monoisotopic (exact) mass is 263 g/mol. The standard InChI is InChI=1S/C14H21N3S/c1-4-14(6-5-7-14)15-8-12-11(3)16-13-17(12)9-10(2)18-13/h9,15H,4-8H2,1-3H3. The Morgan fingerprint density at radius 2 is 2.22 bits per heavy atom. The second kappa shape index (κ2) is 4.35. The highest BCUT2D eigenvalue weighted by Crippen LogP contribution is 2.35. The molecule has 0 radical (unpaired) electrons. The minimum absolute atomic E-state index is 0.404. The molecule has 0 atom stereocenters. The molecule has 1 fully saturated rings. The van der Waals surface area contributed by atoms with Gasteiger partial charge in [-0.3, -0.25) is 4.40 Å². The Morgan fingerprint density at radius 3 is 2.83 bits per heavy atom. The molecule has 3 nitrogen and oxygen atoms in total. The van der Waals surface area contributed by atoms with Crippen molar-refractivity contribution in [3.05, 3.63) is 22.5 Å².